The third-order valence-electron chi connectivity index (χ3n) is 5.30. The summed E-state index contributed by atoms with van der Waals surface area (Å²) >= 11 is 0. The molecule has 0 radical (unpaired) electrons. The van der Waals surface area contributed by atoms with Crippen molar-refractivity contribution in [3.63, 3.8) is 0 Å². The Kier molecular flexibility index (Phi) is 3.95. The van der Waals surface area contributed by atoms with E-state index < -0.39 is 16.1 Å². The van der Waals surface area contributed by atoms with E-state index in [1.807, 2.05) is 18.2 Å². The van der Waals surface area contributed by atoms with Crippen LogP contribution >= 0.6 is 0 Å². The normalized spacial score (nSPS) is 20.6. The van der Waals surface area contributed by atoms with E-state index in [4.69, 9.17) is 0 Å². The lowest BCUT2D eigenvalue weighted by Crippen LogP contribution is -2.49. The second kappa shape index (κ2) is 6.02. The number of hydrogen-bond donors (Lipinski definition) is 1. The fourth-order valence-corrected chi connectivity index (χ4v) is 5.88. The third kappa shape index (κ3) is 2.59. The predicted molar refractivity (Wildman–Crippen MR) is 98.1 cm³/mol. The van der Waals surface area contributed by atoms with Crippen LogP contribution in [0, 0.1) is 0 Å². The molecule has 1 N–H and O–H groups in total. The molecular formula is C19H22N2O3S. The highest BCUT2D eigenvalue weighted by Gasteiger charge is 2.41. The van der Waals surface area contributed by atoms with Gasteiger partial charge in [-0.1, -0.05) is 43.5 Å². The summed E-state index contributed by atoms with van der Waals surface area (Å²) in [4.78, 5) is 13.0. The maximum Gasteiger partial charge on any atom is 0.265 e. The Hall–Kier alpha value is -2.08. The first-order chi connectivity index (χ1) is 12.0. The van der Waals surface area contributed by atoms with Crippen LogP contribution in [0.3, 0.4) is 0 Å². The largest absolute Gasteiger partial charge is 0.352 e. The van der Waals surface area contributed by atoms with Crippen LogP contribution in [0.25, 0.3) is 10.8 Å². The van der Waals surface area contributed by atoms with E-state index in [2.05, 4.69) is 5.32 Å². The van der Waals surface area contributed by atoms with E-state index in [9.17, 15) is 13.2 Å². The highest BCUT2D eigenvalue weighted by atomic mass is 32.2. The van der Waals surface area contributed by atoms with Crippen molar-refractivity contribution in [2.75, 3.05) is 4.31 Å². The van der Waals surface area contributed by atoms with Crippen LogP contribution < -0.4 is 9.62 Å². The number of sulfonamides is 1. The molecule has 1 atom stereocenters. The summed E-state index contributed by atoms with van der Waals surface area (Å²) in [5.74, 6) is -0.222. The van der Waals surface area contributed by atoms with E-state index in [1.165, 1.54) is 10.7 Å². The van der Waals surface area contributed by atoms with Crippen LogP contribution in [-0.4, -0.2) is 26.4 Å². The molecule has 0 spiro atoms. The lowest BCUT2D eigenvalue weighted by molar-refractivity contribution is -0.122. The zero-order chi connectivity index (χ0) is 17.6. The first kappa shape index (κ1) is 16.4. The van der Waals surface area contributed by atoms with Gasteiger partial charge in [0.2, 0.25) is 5.91 Å². The van der Waals surface area contributed by atoms with Gasteiger partial charge >= 0.3 is 0 Å². The van der Waals surface area contributed by atoms with E-state index in [0.717, 1.165) is 31.1 Å². The number of amides is 1. The van der Waals surface area contributed by atoms with Gasteiger partial charge < -0.3 is 5.32 Å². The molecule has 0 aromatic heterocycles. The van der Waals surface area contributed by atoms with Gasteiger partial charge in [0.1, 0.15) is 6.04 Å². The SMILES string of the molecule is C[C@@H](C(=O)NC1CCCCC1)N1c2cccc3cccc(c23)S1(=O)=O. The van der Waals surface area contributed by atoms with Crippen LogP contribution in [0.1, 0.15) is 39.0 Å². The van der Waals surface area contributed by atoms with Crippen molar-refractivity contribution < 1.29 is 13.2 Å². The molecule has 0 saturated heterocycles. The van der Waals surface area contributed by atoms with Crippen molar-refractivity contribution in [1.29, 1.82) is 0 Å². The molecule has 1 aliphatic carbocycles. The number of nitrogens with one attached hydrogen (secondary N) is 1. The van der Waals surface area contributed by atoms with Gasteiger partial charge in [-0.2, -0.15) is 0 Å². The Morgan fingerprint density at radius 3 is 2.52 bits per heavy atom. The molecule has 0 unspecified atom stereocenters. The second-order valence-electron chi connectivity index (χ2n) is 6.95. The van der Waals surface area contributed by atoms with Gasteiger partial charge in [-0.25, -0.2) is 8.42 Å². The molecule has 25 heavy (non-hydrogen) atoms. The summed E-state index contributed by atoms with van der Waals surface area (Å²) in [6, 6.07) is 10.2. The Labute approximate surface area is 148 Å². The number of anilines is 1. The van der Waals surface area contributed by atoms with E-state index in [1.54, 1.807) is 25.1 Å². The first-order valence-corrected chi connectivity index (χ1v) is 10.3. The Morgan fingerprint density at radius 2 is 1.80 bits per heavy atom. The fourth-order valence-electron chi connectivity index (χ4n) is 4.01. The minimum atomic E-state index is -3.71. The maximum atomic E-state index is 13.0. The van der Waals surface area contributed by atoms with Gasteiger partial charge in [0.15, 0.2) is 0 Å². The van der Waals surface area contributed by atoms with Crippen LogP contribution in [0.15, 0.2) is 41.3 Å². The second-order valence-corrected chi connectivity index (χ2v) is 8.74. The van der Waals surface area contributed by atoms with Gasteiger partial charge in [0.05, 0.1) is 10.6 Å². The third-order valence-corrected chi connectivity index (χ3v) is 7.23. The van der Waals surface area contributed by atoms with Crippen LogP contribution in [-0.2, 0) is 14.8 Å². The maximum absolute atomic E-state index is 13.0. The number of rotatable bonds is 3. The summed E-state index contributed by atoms with van der Waals surface area (Å²) in [5.41, 5.74) is 0.597. The molecule has 1 saturated carbocycles. The number of carbonyl (C=O) groups is 1. The molecule has 0 bridgehead atoms. The topological polar surface area (TPSA) is 66.5 Å². The van der Waals surface area contributed by atoms with Crippen LogP contribution in [0.2, 0.25) is 0 Å². The van der Waals surface area contributed by atoms with Crippen molar-refractivity contribution in [1.82, 2.24) is 5.32 Å². The number of benzene rings is 2. The molecule has 1 heterocycles. The molecule has 2 aromatic rings. The molecule has 2 aromatic carbocycles. The van der Waals surface area contributed by atoms with E-state index >= 15 is 0 Å². The van der Waals surface area contributed by atoms with E-state index in [-0.39, 0.29) is 16.8 Å². The smallest absolute Gasteiger partial charge is 0.265 e. The van der Waals surface area contributed by atoms with E-state index in [0.29, 0.717) is 11.1 Å². The summed E-state index contributed by atoms with van der Waals surface area (Å²) in [5, 5.41) is 4.63. The Bertz CT molecular complexity index is 928. The summed E-state index contributed by atoms with van der Waals surface area (Å²) in [7, 11) is -3.71. The van der Waals surface area contributed by atoms with Crippen molar-refractivity contribution in [3.8, 4) is 0 Å². The lowest BCUT2D eigenvalue weighted by Gasteiger charge is -2.29. The molecular weight excluding hydrogens is 336 g/mol. The highest BCUT2D eigenvalue weighted by molar-refractivity contribution is 7.93. The minimum absolute atomic E-state index is 0.159. The summed E-state index contributed by atoms with van der Waals surface area (Å²) in [6.07, 6.45) is 5.39. The molecule has 6 heteroatoms. The Balaban J connectivity index is 1.68. The van der Waals surface area contributed by atoms with Crippen LogP contribution in [0.4, 0.5) is 5.69 Å². The average molecular weight is 358 g/mol. The molecule has 1 amide bonds. The summed E-state index contributed by atoms with van der Waals surface area (Å²) in [6.45, 7) is 1.67. The lowest BCUT2D eigenvalue weighted by atomic mass is 9.95. The van der Waals surface area contributed by atoms with Crippen molar-refractivity contribution in [3.05, 3.63) is 36.4 Å². The number of carbonyl (C=O) groups excluding carboxylic acids is 1. The summed E-state index contributed by atoms with van der Waals surface area (Å²) < 4.78 is 27.4. The Morgan fingerprint density at radius 1 is 1.12 bits per heavy atom. The molecule has 2 aliphatic rings. The van der Waals surface area contributed by atoms with Crippen LogP contribution in [0.5, 0.6) is 0 Å². The van der Waals surface area contributed by atoms with Crippen molar-refractivity contribution in [2.24, 2.45) is 0 Å². The zero-order valence-corrected chi connectivity index (χ0v) is 15.1. The monoisotopic (exact) mass is 358 g/mol. The number of nitrogens with zero attached hydrogens (tertiary/aromatic N) is 1. The molecule has 1 aliphatic heterocycles. The van der Waals surface area contributed by atoms with Gasteiger partial charge in [-0.3, -0.25) is 9.10 Å². The highest BCUT2D eigenvalue weighted by Crippen LogP contribution is 2.43. The zero-order valence-electron chi connectivity index (χ0n) is 14.2. The standard InChI is InChI=1S/C19H22N2O3S/c1-13(19(22)20-15-9-3-2-4-10-15)21-16-11-5-7-14-8-6-12-17(18(14)16)25(21,23)24/h5-8,11-13,15H,2-4,9-10H2,1H3,(H,20,22)/t13-/m0/s1. The number of hydrogen-bond acceptors (Lipinski definition) is 3. The molecule has 132 valence electrons. The minimum Gasteiger partial charge on any atom is -0.352 e. The molecule has 1 fully saturated rings. The predicted octanol–water partition coefficient (Wildman–Crippen LogP) is 3.19. The van der Waals surface area contributed by atoms with Gasteiger partial charge in [-0.15, -0.1) is 0 Å². The molecule has 5 nitrogen and oxygen atoms in total. The van der Waals surface area contributed by atoms with Gasteiger partial charge in [0, 0.05) is 11.4 Å². The van der Waals surface area contributed by atoms with Crippen molar-refractivity contribution in [2.45, 2.75) is 56.0 Å². The van der Waals surface area contributed by atoms with Gasteiger partial charge in [-0.05, 0) is 37.3 Å². The average Bonchev–Trinajstić information content (AvgIpc) is 2.84. The molecule has 4 rings (SSSR count). The first-order valence-electron chi connectivity index (χ1n) is 8.87. The van der Waals surface area contributed by atoms with Crippen molar-refractivity contribution >= 4 is 32.4 Å². The van der Waals surface area contributed by atoms with Gasteiger partial charge in [0.25, 0.3) is 10.0 Å². The fraction of sp³-hybridized carbons (Fsp3) is 0.421. The quantitative estimate of drug-likeness (QED) is 0.916.